The summed E-state index contributed by atoms with van der Waals surface area (Å²) in [4.78, 5) is 23.3. The summed E-state index contributed by atoms with van der Waals surface area (Å²) in [5.41, 5.74) is 0.448. The molecule has 0 spiro atoms. The third kappa shape index (κ3) is 4.59. The molecule has 2 aromatic heterocycles. The first-order valence-electron chi connectivity index (χ1n) is 8.81. The van der Waals surface area contributed by atoms with Gasteiger partial charge in [0.25, 0.3) is 5.91 Å². The van der Waals surface area contributed by atoms with Crippen molar-refractivity contribution in [2.24, 2.45) is 0 Å². The summed E-state index contributed by atoms with van der Waals surface area (Å²) in [7, 11) is 0. The van der Waals surface area contributed by atoms with E-state index in [9.17, 15) is 9.18 Å². The number of carbonyl (C=O) groups excluding carboxylic acids is 1. The van der Waals surface area contributed by atoms with Crippen LogP contribution in [0, 0.1) is 5.82 Å². The van der Waals surface area contributed by atoms with Crippen LogP contribution in [0.25, 0.3) is 10.2 Å². The molecule has 0 unspecified atom stereocenters. The number of halogens is 4. The van der Waals surface area contributed by atoms with Gasteiger partial charge >= 0.3 is 0 Å². The van der Waals surface area contributed by atoms with Gasteiger partial charge in [-0.3, -0.25) is 9.69 Å². The first-order valence-corrected chi connectivity index (χ1v) is 10.4. The van der Waals surface area contributed by atoms with Crippen LogP contribution >= 0.6 is 46.9 Å². The molecule has 5 nitrogen and oxygen atoms in total. The molecule has 0 saturated heterocycles. The predicted octanol–water partition coefficient (Wildman–Crippen LogP) is 6.10. The number of aryl methyl sites for hydroxylation is 1. The number of imidazole rings is 1. The summed E-state index contributed by atoms with van der Waals surface area (Å²) in [5.74, 6) is -1.20. The average molecular weight is 486 g/mol. The second-order valence-corrected chi connectivity index (χ2v) is 8.11. The van der Waals surface area contributed by atoms with Crippen molar-refractivity contribution in [3.05, 3.63) is 76.5 Å². The number of carbonyl (C=O) groups is 1. The Morgan fingerprint density at radius 2 is 1.93 bits per heavy atom. The Morgan fingerprint density at radius 1 is 1.17 bits per heavy atom. The van der Waals surface area contributed by atoms with E-state index in [0.717, 1.165) is 4.70 Å². The lowest BCUT2D eigenvalue weighted by molar-refractivity contribution is 0.0982. The van der Waals surface area contributed by atoms with Crippen molar-refractivity contribution in [3.8, 4) is 0 Å². The molecule has 156 valence electrons. The van der Waals surface area contributed by atoms with E-state index in [2.05, 4.69) is 9.97 Å². The second kappa shape index (κ2) is 9.75. The molecule has 0 radical (unpaired) electrons. The zero-order valence-corrected chi connectivity index (χ0v) is 18.6. The first kappa shape index (κ1) is 22.5. The number of rotatable bonds is 6. The fourth-order valence-electron chi connectivity index (χ4n) is 2.97. The molecule has 0 bridgehead atoms. The molecule has 0 aliphatic rings. The van der Waals surface area contributed by atoms with E-state index in [1.165, 1.54) is 34.4 Å². The molecule has 4 rings (SSSR count). The van der Waals surface area contributed by atoms with Crippen LogP contribution in [0.3, 0.4) is 0 Å². The monoisotopic (exact) mass is 484 g/mol. The van der Waals surface area contributed by atoms with Crippen molar-refractivity contribution in [1.29, 1.82) is 0 Å². The molecular weight excluding hydrogens is 470 g/mol. The summed E-state index contributed by atoms with van der Waals surface area (Å²) >= 11 is 13.7. The van der Waals surface area contributed by atoms with Crippen LogP contribution in [0.2, 0.25) is 10.0 Å². The van der Waals surface area contributed by atoms with E-state index in [1.807, 2.05) is 22.9 Å². The number of aromatic nitrogens is 3. The van der Waals surface area contributed by atoms with Gasteiger partial charge in [-0.2, -0.15) is 0 Å². The highest BCUT2D eigenvalue weighted by atomic mass is 35.5. The van der Waals surface area contributed by atoms with Gasteiger partial charge in [0, 0.05) is 25.5 Å². The second-order valence-electron chi connectivity index (χ2n) is 6.29. The Hall–Kier alpha value is -2.19. The summed E-state index contributed by atoms with van der Waals surface area (Å²) in [5, 5.41) is 1.01. The van der Waals surface area contributed by atoms with Gasteiger partial charge in [0.15, 0.2) is 5.13 Å². The highest BCUT2D eigenvalue weighted by molar-refractivity contribution is 7.22. The van der Waals surface area contributed by atoms with Crippen LogP contribution in [-0.4, -0.2) is 27.0 Å². The van der Waals surface area contributed by atoms with Crippen LogP contribution in [0.15, 0.2) is 55.1 Å². The van der Waals surface area contributed by atoms with Gasteiger partial charge in [0.05, 0.1) is 26.6 Å². The number of hydrogen-bond acceptors (Lipinski definition) is 4. The van der Waals surface area contributed by atoms with Gasteiger partial charge in [-0.1, -0.05) is 46.7 Å². The third-order valence-electron chi connectivity index (χ3n) is 4.37. The maximum Gasteiger partial charge on any atom is 0.264 e. The molecule has 1 amide bonds. The van der Waals surface area contributed by atoms with Crippen molar-refractivity contribution in [1.82, 2.24) is 14.5 Å². The molecule has 2 heterocycles. The van der Waals surface area contributed by atoms with E-state index in [-0.39, 0.29) is 23.0 Å². The number of nitrogens with zero attached hydrogens (tertiary/aromatic N) is 4. The van der Waals surface area contributed by atoms with Crippen LogP contribution in [-0.2, 0) is 6.54 Å². The van der Waals surface area contributed by atoms with E-state index in [4.69, 9.17) is 23.2 Å². The maximum absolute atomic E-state index is 14.4. The average Bonchev–Trinajstić information content (AvgIpc) is 3.35. The molecule has 0 fully saturated rings. The fourth-order valence-corrected chi connectivity index (χ4v) is 4.50. The summed E-state index contributed by atoms with van der Waals surface area (Å²) in [6.07, 6.45) is 5.87. The van der Waals surface area contributed by atoms with Crippen molar-refractivity contribution in [3.63, 3.8) is 0 Å². The Bertz CT molecular complexity index is 1150. The zero-order chi connectivity index (χ0) is 20.4. The van der Waals surface area contributed by atoms with E-state index in [0.29, 0.717) is 35.2 Å². The summed E-state index contributed by atoms with van der Waals surface area (Å²) in [6, 6.07) is 9.63. The van der Waals surface area contributed by atoms with Crippen molar-refractivity contribution < 1.29 is 9.18 Å². The van der Waals surface area contributed by atoms with Crippen LogP contribution in [0.4, 0.5) is 9.52 Å². The van der Waals surface area contributed by atoms with Crippen molar-refractivity contribution in [2.45, 2.75) is 13.0 Å². The minimum atomic E-state index is -0.666. The number of anilines is 1. The number of hydrogen-bond donors (Lipinski definition) is 0. The van der Waals surface area contributed by atoms with Gasteiger partial charge in [-0.05, 0) is 30.7 Å². The van der Waals surface area contributed by atoms with Gasteiger partial charge in [0.1, 0.15) is 11.3 Å². The molecule has 0 aliphatic carbocycles. The predicted molar refractivity (Wildman–Crippen MR) is 122 cm³/mol. The van der Waals surface area contributed by atoms with Gasteiger partial charge < -0.3 is 4.57 Å². The van der Waals surface area contributed by atoms with Crippen LogP contribution in [0.1, 0.15) is 16.8 Å². The molecule has 0 aliphatic heterocycles. The fraction of sp³-hybridized carbons (Fsp3) is 0.150. The maximum atomic E-state index is 14.4. The SMILES string of the molecule is Cl.O=C(c1c(F)cccc1Cl)N(CCCn1ccnc1)c1nc2c(Cl)cccc2s1. The highest BCUT2D eigenvalue weighted by Gasteiger charge is 2.26. The molecule has 2 aromatic carbocycles. The molecule has 0 saturated carbocycles. The molecule has 0 N–H and O–H groups in total. The van der Waals surface area contributed by atoms with Crippen LogP contribution < -0.4 is 4.90 Å². The van der Waals surface area contributed by atoms with Gasteiger partial charge in [-0.15, -0.1) is 12.4 Å². The number of fused-ring (bicyclic) bond motifs is 1. The standard InChI is InChI=1S/C20H15Cl2FN4OS.ClH/c21-13-4-1-6-15(23)17(13)19(28)27(10-3-9-26-11-8-24-12-26)20-25-18-14(22)5-2-7-16(18)29-20;/h1-2,4-8,11-12H,3,9-10H2;1H. The minimum absolute atomic E-state index is 0. The number of para-hydroxylation sites is 1. The van der Waals surface area contributed by atoms with Crippen molar-refractivity contribution in [2.75, 3.05) is 11.4 Å². The van der Waals surface area contributed by atoms with E-state index in [1.54, 1.807) is 18.6 Å². The lowest BCUT2D eigenvalue weighted by Crippen LogP contribution is -2.33. The van der Waals surface area contributed by atoms with E-state index < -0.39 is 11.7 Å². The normalized spacial score (nSPS) is 10.8. The first-order chi connectivity index (χ1) is 14.0. The Kier molecular flexibility index (Phi) is 7.31. The number of amides is 1. The number of benzene rings is 2. The quantitative estimate of drug-likeness (QED) is 0.332. The molecular formula is C20H16Cl3FN4OS. The largest absolute Gasteiger partial charge is 0.337 e. The number of thiazole rings is 1. The minimum Gasteiger partial charge on any atom is -0.337 e. The van der Waals surface area contributed by atoms with Crippen molar-refractivity contribution >= 4 is 68.2 Å². The smallest absolute Gasteiger partial charge is 0.264 e. The molecule has 0 atom stereocenters. The molecule has 10 heteroatoms. The van der Waals surface area contributed by atoms with Gasteiger partial charge in [-0.25, -0.2) is 14.4 Å². The molecule has 4 aromatic rings. The molecule has 30 heavy (non-hydrogen) atoms. The highest BCUT2D eigenvalue weighted by Crippen LogP contribution is 2.34. The van der Waals surface area contributed by atoms with E-state index >= 15 is 0 Å². The summed E-state index contributed by atoms with van der Waals surface area (Å²) < 4.78 is 17.2. The zero-order valence-electron chi connectivity index (χ0n) is 15.5. The summed E-state index contributed by atoms with van der Waals surface area (Å²) in [6.45, 7) is 0.986. The van der Waals surface area contributed by atoms with Crippen LogP contribution in [0.5, 0.6) is 0 Å². The topological polar surface area (TPSA) is 51.0 Å². The third-order valence-corrected chi connectivity index (χ3v) is 6.03. The lowest BCUT2D eigenvalue weighted by atomic mass is 10.2. The lowest BCUT2D eigenvalue weighted by Gasteiger charge is -2.21. The Balaban J connectivity index is 0.00000256. The van der Waals surface area contributed by atoms with Gasteiger partial charge in [0.2, 0.25) is 0 Å². The Labute approximate surface area is 192 Å². The Morgan fingerprint density at radius 3 is 2.63 bits per heavy atom.